The molecular formula is C26H26N4O2. The third kappa shape index (κ3) is 4.42. The fourth-order valence-corrected chi connectivity index (χ4v) is 4.15. The van der Waals surface area contributed by atoms with Gasteiger partial charge in [-0.25, -0.2) is 4.98 Å². The molecule has 32 heavy (non-hydrogen) atoms. The molecule has 0 saturated heterocycles. The number of fused-ring (bicyclic) bond motifs is 1. The van der Waals surface area contributed by atoms with Crippen LogP contribution in [0.3, 0.4) is 0 Å². The van der Waals surface area contributed by atoms with Crippen molar-refractivity contribution in [3.05, 3.63) is 76.0 Å². The largest absolute Gasteiger partial charge is 0.485 e. The predicted octanol–water partition coefficient (Wildman–Crippen LogP) is 5.78. The van der Waals surface area contributed by atoms with Crippen LogP contribution in [-0.2, 0) is 6.42 Å². The first-order chi connectivity index (χ1) is 15.5. The molecule has 1 aliphatic carbocycles. The second kappa shape index (κ2) is 9.11. The Kier molecular flexibility index (Phi) is 6.09. The normalized spacial score (nSPS) is 14.8. The Labute approximate surface area is 188 Å². The van der Waals surface area contributed by atoms with Crippen molar-refractivity contribution in [2.45, 2.75) is 39.2 Å². The first-order valence-electron chi connectivity index (χ1n) is 10.6. The minimum absolute atomic E-state index is 0.0628. The van der Waals surface area contributed by atoms with Crippen LogP contribution in [0.4, 0.5) is 11.4 Å². The molecule has 6 nitrogen and oxygen atoms in total. The van der Waals surface area contributed by atoms with Crippen LogP contribution in [0.5, 0.6) is 11.6 Å². The summed E-state index contributed by atoms with van der Waals surface area (Å²) in [6.45, 7) is 3.90. The maximum absolute atomic E-state index is 9.21. The fraction of sp³-hybridized carbons (Fsp3) is 0.269. The average molecular weight is 427 g/mol. The fourth-order valence-electron chi connectivity index (χ4n) is 4.15. The van der Waals surface area contributed by atoms with Gasteiger partial charge in [0.25, 0.3) is 0 Å². The smallest absolute Gasteiger partial charge is 0.215 e. The number of nitrogens with zero attached hydrogens (tertiary/aromatic N) is 2. The van der Waals surface area contributed by atoms with Crippen LogP contribution in [0.25, 0.3) is 0 Å². The van der Waals surface area contributed by atoms with Gasteiger partial charge in [0, 0.05) is 35.3 Å². The van der Waals surface area contributed by atoms with Crippen LogP contribution in [0.2, 0.25) is 0 Å². The molecule has 1 aliphatic rings. The van der Waals surface area contributed by atoms with E-state index in [1.807, 2.05) is 56.3 Å². The topological polar surface area (TPSA) is 91.0 Å². The van der Waals surface area contributed by atoms with Crippen molar-refractivity contribution in [2.24, 2.45) is 0 Å². The zero-order chi connectivity index (χ0) is 22.7. The number of nitrogens with one attached hydrogen (secondary N) is 2. The van der Waals surface area contributed by atoms with E-state index in [0.29, 0.717) is 11.4 Å². The van der Waals surface area contributed by atoms with E-state index in [1.54, 1.807) is 7.11 Å². The molecule has 0 aliphatic heterocycles. The Bertz CT molecular complexity index is 1210. The molecule has 0 spiro atoms. The van der Waals surface area contributed by atoms with Crippen LogP contribution >= 0.6 is 0 Å². The van der Waals surface area contributed by atoms with Crippen LogP contribution in [0, 0.1) is 30.6 Å². The van der Waals surface area contributed by atoms with Crippen molar-refractivity contribution in [3.8, 4) is 17.7 Å². The van der Waals surface area contributed by atoms with Gasteiger partial charge in [0.2, 0.25) is 5.88 Å². The third-order valence-electron chi connectivity index (χ3n) is 5.72. The van der Waals surface area contributed by atoms with Gasteiger partial charge in [-0.1, -0.05) is 6.07 Å². The summed E-state index contributed by atoms with van der Waals surface area (Å²) in [7, 11) is 1.59. The Morgan fingerprint density at radius 2 is 2.03 bits per heavy atom. The molecule has 1 unspecified atom stereocenters. The van der Waals surface area contributed by atoms with Gasteiger partial charge in [-0.2, -0.15) is 5.26 Å². The summed E-state index contributed by atoms with van der Waals surface area (Å²) in [5, 5.41) is 20.5. The maximum Gasteiger partial charge on any atom is 0.215 e. The van der Waals surface area contributed by atoms with Crippen molar-refractivity contribution < 1.29 is 9.47 Å². The first kappa shape index (κ1) is 21.4. The molecule has 0 bridgehead atoms. The number of rotatable bonds is 6. The van der Waals surface area contributed by atoms with E-state index >= 15 is 0 Å². The molecule has 1 atom stereocenters. The molecule has 6 heteroatoms. The first-order valence-corrected chi connectivity index (χ1v) is 10.6. The molecule has 3 aromatic rings. The lowest BCUT2D eigenvalue weighted by molar-refractivity contribution is 0.182. The van der Waals surface area contributed by atoms with E-state index in [-0.39, 0.29) is 6.10 Å². The minimum atomic E-state index is -0.0628. The zero-order valence-corrected chi connectivity index (χ0v) is 18.5. The van der Waals surface area contributed by atoms with Gasteiger partial charge >= 0.3 is 0 Å². The second-order valence-electron chi connectivity index (χ2n) is 8.04. The molecule has 0 saturated carbocycles. The lowest BCUT2D eigenvalue weighted by Gasteiger charge is -2.27. The van der Waals surface area contributed by atoms with E-state index in [9.17, 15) is 5.26 Å². The molecule has 0 radical (unpaired) electrons. The van der Waals surface area contributed by atoms with Gasteiger partial charge in [-0.05, 0) is 74.1 Å². The highest BCUT2D eigenvalue weighted by atomic mass is 16.5. The Morgan fingerprint density at radius 3 is 2.78 bits per heavy atom. The third-order valence-corrected chi connectivity index (χ3v) is 5.72. The SMILES string of the molecule is COc1cc(Nc2cc(OC3CCCc4cc(C#N)ccc43)c(C)cc2C=N)cc(C)n1. The van der Waals surface area contributed by atoms with E-state index in [1.165, 1.54) is 11.8 Å². The van der Waals surface area contributed by atoms with Crippen LogP contribution in [0.15, 0.2) is 42.5 Å². The van der Waals surface area contributed by atoms with Gasteiger partial charge < -0.3 is 20.2 Å². The lowest BCUT2D eigenvalue weighted by Crippen LogP contribution is -2.16. The van der Waals surface area contributed by atoms with E-state index in [4.69, 9.17) is 14.9 Å². The van der Waals surface area contributed by atoms with Crippen molar-refractivity contribution in [3.63, 3.8) is 0 Å². The number of pyridine rings is 1. The average Bonchev–Trinajstić information content (AvgIpc) is 2.80. The molecule has 0 fully saturated rings. The minimum Gasteiger partial charge on any atom is -0.485 e. The Hall–Kier alpha value is -3.85. The van der Waals surface area contributed by atoms with Crippen LogP contribution < -0.4 is 14.8 Å². The zero-order valence-electron chi connectivity index (χ0n) is 18.5. The summed E-state index contributed by atoms with van der Waals surface area (Å²) in [5.41, 5.74) is 7.21. The van der Waals surface area contributed by atoms with E-state index in [0.717, 1.165) is 58.8 Å². The molecule has 1 heterocycles. The van der Waals surface area contributed by atoms with Gasteiger partial charge in [-0.3, -0.25) is 0 Å². The van der Waals surface area contributed by atoms with Crippen molar-refractivity contribution in [1.82, 2.24) is 4.98 Å². The standard InChI is InChI=1S/C26H26N4O2/c1-16-9-20(15-28)23(30-21-10-17(2)29-26(12-21)31-3)13-25(16)32-24-6-4-5-19-11-18(14-27)7-8-22(19)24/h7-13,15,24,28H,4-6H2,1-3H3,(H,29,30). The summed E-state index contributed by atoms with van der Waals surface area (Å²) in [5.74, 6) is 1.31. The lowest BCUT2D eigenvalue weighted by atomic mass is 9.88. The number of ether oxygens (including phenoxy) is 2. The molecule has 1 aromatic heterocycles. The molecular weight excluding hydrogens is 400 g/mol. The number of aryl methyl sites for hydroxylation is 3. The molecule has 2 N–H and O–H groups in total. The highest BCUT2D eigenvalue weighted by Crippen LogP contribution is 2.37. The number of nitriles is 1. The number of hydrogen-bond donors (Lipinski definition) is 2. The maximum atomic E-state index is 9.21. The summed E-state index contributed by atoms with van der Waals surface area (Å²) in [4.78, 5) is 4.33. The summed E-state index contributed by atoms with van der Waals surface area (Å²) in [6.07, 6.45) is 4.18. The highest BCUT2D eigenvalue weighted by Gasteiger charge is 2.23. The van der Waals surface area contributed by atoms with E-state index < -0.39 is 0 Å². The molecule has 2 aromatic carbocycles. The Balaban J connectivity index is 1.66. The van der Waals surface area contributed by atoms with Gasteiger partial charge in [0.1, 0.15) is 11.9 Å². The number of aromatic nitrogens is 1. The second-order valence-corrected chi connectivity index (χ2v) is 8.04. The molecule has 162 valence electrons. The van der Waals surface area contributed by atoms with Gasteiger partial charge in [0.15, 0.2) is 0 Å². The quantitative estimate of drug-likeness (QED) is 0.488. The predicted molar refractivity (Wildman–Crippen MR) is 125 cm³/mol. The monoisotopic (exact) mass is 426 g/mol. The summed E-state index contributed by atoms with van der Waals surface area (Å²) in [6, 6.07) is 15.7. The van der Waals surface area contributed by atoms with Crippen LogP contribution in [0.1, 0.15) is 52.5 Å². The molecule has 4 rings (SSSR count). The number of benzene rings is 2. The molecule has 0 amide bonds. The van der Waals surface area contributed by atoms with Gasteiger partial charge in [-0.15, -0.1) is 0 Å². The van der Waals surface area contributed by atoms with Crippen LogP contribution in [-0.4, -0.2) is 18.3 Å². The van der Waals surface area contributed by atoms with Crippen molar-refractivity contribution in [1.29, 1.82) is 10.7 Å². The highest BCUT2D eigenvalue weighted by molar-refractivity contribution is 5.88. The van der Waals surface area contributed by atoms with Gasteiger partial charge in [0.05, 0.1) is 24.4 Å². The summed E-state index contributed by atoms with van der Waals surface area (Å²) < 4.78 is 11.8. The number of hydrogen-bond acceptors (Lipinski definition) is 6. The number of anilines is 2. The Morgan fingerprint density at radius 1 is 1.19 bits per heavy atom. The van der Waals surface area contributed by atoms with Crippen molar-refractivity contribution in [2.75, 3.05) is 12.4 Å². The van der Waals surface area contributed by atoms with E-state index in [2.05, 4.69) is 16.4 Å². The summed E-state index contributed by atoms with van der Waals surface area (Å²) >= 11 is 0. The number of methoxy groups -OCH3 is 1. The van der Waals surface area contributed by atoms with Crippen molar-refractivity contribution >= 4 is 17.6 Å².